The molecule has 0 saturated carbocycles. The predicted octanol–water partition coefficient (Wildman–Crippen LogP) is 4.54. The second-order valence-corrected chi connectivity index (χ2v) is 6.31. The summed E-state index contributed by atoms with van der Waals surface area (Å²) in [6.45, 7) is 3.05. The maximum Gasteiger partial charge on any atom is 0.200 e. The Morgan fingerprint density at radius 2 is 1.43 bits per heavy atom. The first-order valence-electron chi connectivity index (χ1n) is 8.70. The minimum Gasteiger partial charge on any atom is -0.494 e. The molecule has 0 fully saturated rings. The molecule has 0 aliphatic rings. The fourth-order valence-electron chi connectivity index (χ4n) is 2.40. The zero-order valence-corrected chi connectivity index (χ0v) is 15.5. The van der Waals surface area contributed by atoms with Crippen LogP contribution in [0.2, 0.25) is 0 Å². The molecule has 4 nitrogen and oxygen atoms in total. The molecule has 0 aliphatic heterocycles. The Balaban J connectivity index is 2.40. The molecule has 0 amide bonds. The van der Waals surface area contributed by atoms with Crippen molar-refractivity contribution in [3.05, 3.63) is 24.3 Å². The van der Waals surface area contributed by atoms with Crippen molar-refractivity contribution in [1.82, 2.24) is 9.80 Å². The summed E-state index contributed by atoms with van der Waals surface area (Å²) >= 11 is 0. The van der Waals surface area contributed by atoms with E-state index in [9.17, 15) is 0 Å². The molecule has 1 aromatic carbocycles. The van der Waals surface area contributed by atoms with Crippen LogP contribution >= 0.6 is 0 Å². The highest BCUT2D eigenvalue weighted by molar-refractivity contribution is 5.82. The average molecular weight is 319 g/mol. The second-order valence-electron chi connectivity index (χ2n) is 6.31. The fourth-order valence-corrected chi connectivity index (χ4v) is 2.40. The van der Waals surface area contributed by atoms with Gasteiger partial charge in [0.1, 0.15) is 5.75 Å². The SMILES string of the molecule is CCCCCCCCOc1ccc(N=C(N(C)C)N(C)C)cc1. The van der Waals surface area contributed by atoms with Gasteiger partial charge in [0.15, 0.2) is 0 Å². The predicted molar refractivity (Wildman–Crippen MR) is 99.8 cm³/mol. The van der Waals surface area contributed by atoms with Crippen LogP contribution in [0.5, 0.6) is 5.75 Å². The number of rotatable bonds is 9. The topological polar surface area (TPSA) is 28.1 Å². The van der Waals surface area contributed by atoms with Crippen LogP contribution in [0.25, 0.3) is 0 Å². The maximum atomic E-state index is 5.80. The van der Waals surface area contributed by atoms with Crippen molar-refractivity contribution in [2.75, 3.05) is 34.8 Å². The summed E-state index contributed by atoms with van der Waals surface area (Å²) in [6.07, 6.45) is 7.72. The summed E-state index contributed by atoms with van der Waals surface area (Å²) in [6, 6.07) is 8.00. The Morgan fingerprint density at radius 1 is 0.870 bits per heavy atom. The van der Waals surface area contributed by atoms with Crippen LogP contribution in [0.3, 0.4) is 0 Å². The number of hydrogen-bond acceptors (Lipinski definition) is 2. The minimum atomic E-state index is 0.801. The van der Waals surface area contributed by atoms with Crippen LogP contribution in [-0.4, -0.2) is 50.6 Å². The molecule has 0 unspecified atom stereocenters. The molecule has 0 bridgehead atoms. The first kappa shape index (κ1) is 19.3. The van der Waals surface area contributed by atoms with Crippen molar-refractivity contribution in [1.29, 1.82) is 0 Å². The molecular formula is C19H33N3O. The van der Waals surface area contributed by atoms with E-state index in [1.165, 1.54) is 32.1 Å². The van der Waals surface area contributed by atoms with Gasteiger partial charge in [-0.3, -0.25) is 0 Å². The van der Waals surface area contributed by atoms with Crippen molar-refractivity contribution >= 4 is 11.6 Å². The monoisotopic (exact) mass is 319 g/mol. The first-order valence-corrected chi connectivity index (χ1v) is 8.70. The molecule has 0 aliphatic carbocycles. The fraction of sp³-hybridized carbons (Fsp3) is 0.632. The summed E-state index contributed by atoms with van der Waals surface area (Å²) in [5.41, 5.74) is 0.939. The van der Waals surface area contributed by atoms with Crippen LogP contribution in [0.4, 0.5) is 5.69 Å². The van der Waals surface area contributed by atoms with Gasteiger partial charge in [-0.15, -0.1) is 0 Å². The zero-order chi connectivity index (χ0) is 17.1. The molecule has 0 saturated heterocycles. The highest BCUT2D eigenvalue weighted by Crippen LogP contribution is 2.19. The number of unbranched alkanes of at least 4 members (excludes halogenated alkanes) is 5. The number of ether oxygens (including phenoxy) is 1. The first-order chi connectivity index (χ1) is 11.0. The number of hydrogen-bond donors (Lipinski definition) is 0. The van der Waals surface area contributed by atoms with Gasteiger partial charge in [0.05, 0.1) is 12.3 Å². The van der Waals surface area contributed by atoms with E-state index in [4.69, 9.17) is 4.74 Å². The summed E-state index contributed by atoms with van der Waals surface area (Å²) in [4.78, 5) is 8.66. The molecule has 0 heterocycles. The van der Waals surface area contributed by atoms with Gasteiger partial charge in [-0.1, -0.05) is 39.0 Å². The van der Waals surface area contributed by atoms with E-state index in [0.717, 1.165) is 30.4 Å². The van der Waals surface area contributed by atoms with Gasteiger partial charge < -0.3 is 14.5 Å². The van der Waals surface area contributed by atoms with Crippen LogP contribution in [-0.2, 0) is 0 Å². The van der Waals surface area contributed by atoms with Crippen molar-refractivity contribution in [3.63, 3.8) is 0 Å². The third-order valence-electron chi connectivity index (χ3n) is 3.63. The van der Waals surface area contributed by atoms with Crippen molar-refractivity contribution < 1.29 is 4.74 Å². The van der Waals surface area contributed by atoms with Gasteiger partial charge in [0.2, 0.25) is 5.96 Å². The Labute approximate surface area is 142 Å². The lowest BCUT2D eigenvalue weighted by Gasteiger charge is -2.22. The summed E-state index contributed by atoms with van der Waals surface area (Å²) in [5.74, 6) is 1.85. The van der Waals surface area contributed by atoms with Gasteiger partial charge in [-0.25, -0.2) is 4.99 Å². The third kappa shape index (κ3) is 7.91. The van der Waals surface area contributed by atoms with Gasteiger partial charge in [-0.05, 0) is 30.7 Å². The third-order valence-corrected chi connectivity index (χ3v) is 3.63. The lowest BCUT2D eigenvalue weighted by molar-refractivity contribution is 0.304. The van der Waals surface area contributed by atoms with Crippen molar-refractivity contribution in [3.8, 4) is 5.75 Å². The largest absolute Gasteiger partial charge is 0.494 e. The van der Waals surface area contributed by atoms with Crippen molar-refractivity contribution in [2.45, 2.75) is 45.4 Å². The van der Waals surface area contributed by atoms with Gasteiger partial charge in [-0.2, -0.15) is 0 Å². The molecule has 0 radical (unpaired) electrons. The normalized spacial score (nSPS) is 10.3. The summed E-state index contributed by atoms with van der Waals surface area (Å²) < 4.78 is 5.80. The molecule has 130 valence electrons. The smallest absolute Gasteiger partial charge is 0.200 e. The Kier molecular flexibility index (Phi) is 9.18. The number of nitrogens with zero attached hydrogens (tertiary/aromatic N) is 3. The molecule has 23 heavy (non-hydrogen) atoms. The number of guanidine groups is 1. The standard InChI is InChI=1S/C19H33N3O/c1-6-7-8-9-10-11-16-23-18-14-12-17(13-15-18)20-19(21(2)3)22(4)5/h12-15H,6-11,16H2,1-5H3. The minimum absolute atomic E-state index is 0.801. The highest BCUT2D eigenvalue weighted by Gasteiger charge is 2.04. The molecule has 0 atom stereocenters. The summed E-state index contributed by atoms with van der Waals surface area (Å²) in [7, 11) is 7.99. The Morgan fingerprint density at radius 3 is 2.00 bits per heavy atom. The Hall–Kier alpha value is -1.71. The van der Waals surface area contributed by atoms with E-state index in [2.05, 4.69) is 11.9 Å². The van der Waals surface area contributed by atoms with Crippen LogP contribution in [0.1, 0.15) is 45.4 Å². The second kappa shape index (κ2) is 10.9. The number of benzene rings is 1. The van der Waals surface area contributed by atoms with Crippen LogP contribution in [0.15, 0.2) is 29.3 Å². The zero-order valence-electron chi connectivity index (χ0n) is 15.5. The van der Waals surface area contributed by atoms with Crippen LogP contribution in [0, 0.1) is 0 Å². The molecule has 0 spiro atoms. The van der Waals surface area contributed by atoms with E-state index >= 15 is 0 Å². The lowest BCUT2D eigenvalue weighted by atomic mass is 10.1. The van der Waals surface area contributed by atoms with E-state index in [1.807, 2.05) is 62.3 Å². The van der Waals surface area contributed by atoms with Crippen molar-refractivity contribution in [2.24, 2.45) is 4.99 Å². The van der Waals surface area contributed by atoms with E-state index in [-0.39, 0.29) is 0 Å². The van der Waals surface area contributed by atoms with E-state index in [1.54, 1.807) is 0 Å². The maximum absolute atomic E-state index is 5.80. The Bertz CT molecular complexity index is 442. The summed E-state index contributed by atoms with van der Waals surface area (Å²) in [5, 5.41) is 0. The molecule has 1 rings (SSSR count). The van der Waals surface area contributed by atoms with Gasteiger partial charge >= 0.3 is 0 Å². The molecule has 4 heteroatoms. The van der Waals surface area contributed by atoms with Gasteiger partial charge in [0, 0.05) is 28.2 Å². The molecular weight excluding hydrogens is 286 g/mol. The molecule has 0 aromatic heterocycles. The molecule has 1 aromatic rings. The quantitative estimate of drug-likeness (QED) is 0.380. The van der Waals surface area contributed by atoms with Crippen LogP contribution < -0.4 is 4.74 Å². The highest BCUT2D eigenvalue weighted by atomic mass is 16.5. The lowest BCUT2D eigenvalue weighted by Crippen LogP contribution is -2.35. The van der Waals surface area contributed by atoms with E-state index in [0.29, 0.717) is 0 Å². The van der Waals surface area contributed by atoms with E-state index < -0.39 is 0 Å². The number of aliphatic imine (C=N–C) groups is 1. The van der Waals surface area contributed by atoms with Gasteiger partial charge in [0.25, 0.3) is 0 Å². The molecule has 0 N–H and O–H groups in total. The average Bonchev–Trinajstić information content (AvgIpc) is 2.52.